The fourth-order valence-corrected chi connectivity index (χ4v) is 5.49. The summed E-state index contributed by atoms with van der Waals surface area (Å²) in [6, 6.07) is 8.32. The molecule has 0 aliphatic carbocycles. The van der Waals surface area contributed by atoms with Crippen LogP contribution in [0.4, 0.5) is 0 Å². The number of nitro groups is 2. The third-order valence-corrected chi connectivity index (χ3v) is 7.34. The van der Waals surface area contributed by atoms with Crippen molar-refractivity contribution in [1.29, 1.82) is 0 Å². The van der Waals surface area contributed by atoms with Crippen molar-refractivity contribution in [2.75, 3.05) is 0 Å². The van der Waals surface area contributed by atoms with Crippen molar-refractivity contribution in [3.8, 4) is 0 Å². The molecule has 2 heterocycles. The molecule has 0 radical (unpaired) electrons. The van der Waals surface area contributed by atoms with Crippen LogP contribution >= 0.6 is 21.6 Å². The van der Waals surface area contributed by atoms with Crippen molar-refractivity contribution in [1.82, 2.24) is 9.55 Å². The zero-order valence-electron chi connectivity index (χ0n) is 15.4. The van der Waals surface area contributed by atoms with E-state index in [0.29, 0.717) is 15.7 Å². The van der Waals surface area contributed by atoms with E-state index in [2.05, 4.69) is 4.98 Å². The van der Waals surface area contributed by atoms with Crippen molar-refractivity contribution in [3.63, 3.8) is 0 Å². The number of rotatable bonds is 7. The average Bonchev–Trinajstić information content (AvgIpc) is 3.07. The van der Waals surface area contributed by atoms with Crippen LogP contribution in [-0.2, 0) is 4.74 Å². The van der Waals surface area contributed by atoms with Gasteiger partial charge in [-0.15, -0.1) is 0 Å². The van der Waals surface area contributed by atoms with Gasteiger partial charge in [0, 0.05) is 23.1 Å². The first-order chi connectivity index (χ1) is 14.2. The molecule has 14 heteroatoms. The third-order valence-electron chi connectivity index (χ3n) is 4.45. The molecular formula is C16H16N4O8S2. The molecule has 0 amide bonds. The zero-order chi connectivity index (χ0) is 22.1. The standard InChI is InChI=1S/C16H16N4O8S2/c1-9-8-18(15(23)17-14(9)22)12-7-11(21)13(28-12)16(19(24)25,20(26)27)30-29-10-5-3-2-4-6-10/h2-6,8,11-13,21H,7H2,1H3,(H,17,22,23)/t11-,12+,13-/m0/s1. The Balaban J connectivity index is 1.95. The summed E-state index contributed by atoms with van der Waals surface area (Å²) in [5, 5.41) is 34.1. The molecule has 30 heavy (non-hydrogen) atoms. The molecule has 1 aromatic carbocycles. The van der Waals surface area contributed by atoms with Gasteiger partial charge in [0.2, 0.25) is 6.10 Å². The summed E-state index contributed by atoms with van der Waals surface area (Å²) in [4.78, 5) is 44.8. The molecule has 0 spiro atoms. The van der Waals surface area contributed by atoms with Gasteiger partial charge in [0.05, 0.1) is 10.8 Å². The van der Waals surface area contributed by atoms with E-state index in [1.54, 1.807) is 30.3 Å². The zero-order valence-corrected chi connectivity index (χ0v) is 17.0. The number of aromatic amines is 1. The lowest BCUT2D eigenvalue weighted by Crippen LogP contribution is -2.56. The summed E-state index contributed by atoms with van der Waals surface area (Å²) in [6.07, 6.45) is -3.82. The first-order valence-electron chi connectivity index (χ1n) is 8.52. The van der Waals surface area contributed by atoms with Gasteiger partial charge in [0.25, 0.3) is 5.56 Å². The molecule has 0 unspecified atom stereocenters. The van der Waals surface area contributed by atoms with Crippen molar-refractivity contribution in [3.05, 3.63) is 83.2 Å². The van der Waals surface area contributed by atoms with Crippen LogP contribution in [0.2, 0.25) is 0 Å². The Kier molecular flexibility index (Phi) is 6.30. The number of benzene rings is 1. The smallest absolute Gasteiger partial charge is 0.390 e. The van der Waals surface area contributed by atoms with Gasteiger partial charge in [-0.25, -0.2) is 4.79 Å². The number of nitrogens with one attached hydrogen (secondary N) is 1. The monoisotopic (exact) mass is 456 g/mol. The maximum absolute atomic E-state index is 12.1. The van der Waals surface area contributed by atoms with Gasteiger partial charge in [0.1, 0.15) is 22.2 Å². The predicted octanol–water partition coefficient (Wildman–Crippen LogP) is 1.14. The van der Waals surface area contributed by atoms with E-state index >= 15 is 0 Å². The Bertz CT molecular complexity index is 1060. The molecule has 1 aliphatic heterocycles. The maximum Gasteiger partial charge on any atom is 0.543 e. The Morgan fingerprint density at radius 1 is 1.23 bits per heavy atom. The molecule has 12 nitrogen and oxygen atoms in total. The highest BCUT2D eigenvalue weighted by molar-refractivity contribution is 8.77. The molecule has 0 bridgehead atoms. The molecule has 1 aromatic heterocycles. The number of aliphatic hydroxyl groups excluding tert-OH is 1. The molecule has 160 valence electrons. The van der Waals surface area contributed by atoms with E-state index in [-0.39, 0.29) is 12.0 Å². The number of nitrogens with zero attached hydrogens (tertiary/aromatic N) is 3. The number of H-pyrrole nitrogens is 1. The SMILES string of the molecule is Cc1cn([C@H]2C[C@H](O)[C@@H](C(SSc3ccccc3)([N+](=O)[O-])[N+](=O)[O-])O2)c(=O)[nH]c1=O. The minimum absolute atomic E-state index is 0.167. The number of aryl methyl sites for hydroxylation is 1. The van der Waals surface area contributed by atoms with Gasteiger partial charge in [0.15, 0.2) is 0 Å². The van der Waals surface area contributed by atoms with Gasteiger partial charge in [-0.2, -0.15) is 0 Å². The summed E-state index contributed by atoms with van der Waals surface area (Å²) in [7, 11) is 1.14. The Labute approximate surface area is 176 Å². The largest absolute Gasteiger partial charge is 0.543 e. The summed E-state index contributed by atoms with van der Waals surface area (Å²) < 4.78 is 6.43. The summed E-state index contributed by atoms with van der Waals surface area (Å²) in [6.45, 7) is 1.43. The van der Waals surface area contributed by atoms with Crippen molar-refractivity contribution in [2.45, 2.75) is 41.7 Å². The lowest BCUT2D eigenvalue weighted by Gasteiger charge is -2.23. The van der Waals surface area contributed by atoms with Crippen molar-refractivity contribution in [2.24, 2.45) is 0 Å². The van der Waals surface area contributed by atoms with Crippen LogP contribution in [0.15, 0.2) is 51.0 Å². The fourth-order valence-electron chi connectivity index (χ4n) is 2.93. The number of hydrogen-bond donors (Lipinski definition) is 2. The van der Waals surface area contributed by atoms with Crippen LogP contribution < -0.4 is 11.2 Å². The summed E-state index contributed by atoms with van der Waals surface area (Å²) in [5.74, 6) is 0. The quantitative estimate of drug-likeness (QED) is 0.266. The van der Waals surface area contributed by atoms with Crippen LogP contribution in [0.5, 0.6) is 0 Å². The van der Waals surface area contributed by atoms with Gasteiger partial charge in [-0.05, 0) is 29.9 Å². The third kappa shape index (κ3) is 3.98. The Hall–Kier alpha value is -2.68. The highest BCUT2D eigenvalue weighted by atomic mass is 33.1. The molecule has 1 saturated heterocycles. The molecule has 2 aromatic rings. The van der Waals surface area contributed by atoms with E-state index in [0.717, 1.165) is 15.4 Å². The first kappa shape index (κ1) is 22.0. The molecule has 1 aliphatic rings. The Morgan fingerprint density at radius 3 is 2.47 bits per heavy atom. The van der Waals surface area contributed by atoms with Crippen LogP contribution in [0.1, 0.15) is 18.2 Å². The second kappa shape index (κ2) is 8.59. The maximum atomic E-state index is 12.1. The van der Waals surface area contributed by atoms with E-state index in [4.69, 9.17) is 4.74 Å². The molecule has 2 N–H and O–H groups in total. The van der Waals surface area contributed by atoms with Gasteiger partial charge in [-0.1, -0.05) is 18.2 Å². The van der Waals surface area contributed by atoms with Gasteiger partial charge in [-0.3, -0.25) is 34.6 Å². The molecular weight excluding hydrogens is 440 g/mol. The Morgan fingerprint density at radius 2 is 1.87 bits per heavy atom. The van der Waals surface area contributed by atoms with Gasteiger partial charge >= 0.3 is 10.7 Å². The number of aromatic nitrogens is 2. The topological polar surface area (TPSA) is 171 Å². The first-order valence-corrected chi connectivity index (χ1v) is 10.7. The van der Waals surface area contributed by atoms with E-state index in [9.17, 15) is 34.9 Å². The lowest BCUT2D eigenvalue weighted by molar-refractivity contribution is -0.772. The second-order valence-electron chi connectivity index (χ2n) is 6.45. The highest BCUT2D eigenvalue weighted by Gasteiger charge is 2.70. The fraction of sp³-hybridized carbons (Fsp3) is 0.375. The van der Waals surface area contributed by atoms with E-state index in [1.807, 2.05) is 0 Å². The number of aliphatic hydroxyl groups is 1. The van der Waals surface area contributed by atoms with Gasteiger partial charge < -0.3 is 9.84 Å². The van der Waals surface area contributed by atoms with Crippen LogP contribution in [0.3, 0.4) is 0 Å². The van der Waals surface area contributed by atoms with Crippen LogP contribution in [0, 0.1) is 27.2 Å². The van der Waals surface area contributed by atoms with E-state index < -0.39 is 44.5 Å². The minimum Gasteiger partial charge on any atom is -0.390 e. The average molecular weight is 456 g/mol. The number of hydrogen-bond acceptors (Lipinski definition) is 10. The predicted molar refractivity (Wildman–Crippen MR) is 107 cm³/mol. The summed E-state index contributed by atoms with van der Waals surface area (Å²) >= 11 is 0. The number of ether oxygens (including phenoxy) is 1. The minimum atomic E-state index is -2.94. The van der Waals surface area contributed by atoms with Crippen molar-refractivity contribution < 1.29 is 19.7 Å². The van der Waals surface area contributed by atoms with Crippen LogP contribution in [-0.4, -0.2) is 41.7 Å². The van der Waals surface area contributed by atoms with Crippen LogP contribution in [0.25, 0.3) is 0 Å². The second-order valence-corrected chi connectivity index (χ2v) is 8.85. The summed E-state index contributed by atoms with van der Waals surface area (Å²) in [5.41, 5.74) is -1.31. The molecule has 3 atom stereocenters. The normalized spacial score (nSPS) is 21.5. The molecule has 0 saturated carbocycles. The van der Waals surface area contributed by atoms with E-state index in [1.165, 1.54) is 13.1 Å². The molecule has 3 rings (SSSR count). The highest BCUT2D eigenvalue weighted by Crippen LogP contribution is 2.48. The van der Waals surface area contributed by atoms with Crippen molar-refractivity contribution >= 4 is 21.6 Å². The molecule has 1 fully saturated rings. The lowest BCUT2D eigenvalue weighted by atomic mass is 10.1.